The third-order valence-corrected chi connectivity index (χ3v) is 11.1. The molecule has 0 unspecified atom stereocenters. The maximum Gasteiger partial charge on any atom is 2.00 e. The van der Waals surface area contributed by atoms with E-state index in [1.807, 2.05) is 0 Å². The minimum Gasteiger partial charge on any atom is -0.748 e. The number of hydrogen-bond donors (Lipinski definition) is 0. The van der Waals surface area contributed by atoms with Crippen molar-refractivity contribution in [3.05, 3.63) is 0 Å². The van der Waals surface area contributed by atoms with E-state index in [-0.39, 0.29) is 62.6 Å². The van der Waals surface area contributed by atoms with Crippen LogP contribution in [-0.4, -0.2) is 124 Å². The molecule has 0 N–H and O–H groups in total. The average Bonchev–Trinajstić information content (AvgIpc) is 3.09. The van der Waals surface area contributed by atoms with Crippen molar-refractivity contribution in [1.29, 1.82) is 0 Å². The first-order valence-corrected chi connectivity index (χ1v) is 24.2. The van der Waals surface area contributed by atoms with Crippen LogP contribution in [0.5, 0.6) is 0 Å². The van der Waals surface area contributed by atoms with Gasteiger partial charge in [0.25, 0.3) is 0 Å². The van der Waals surface area contributed by atoms with Gasteiger partial charge in [-0.25, -0.2) is 16.8 Å². The summed E-state index contributed by atoms with van der Waals surface area (Å²) in [6, 6.07) is 0. The van der Waals surface area contributed by atoms with Crippen LogP contribution in [0, 0.1) is 0 Å². The molecule has 0 rings (SSSR count). The molecule has 0 saturated carbocycles. The minimum absolute atomic E-state index is 0. The number of amides is 2. The van der Waals surface area contributed by atoms with Gasteiger partial charge in [-0.05, 0) is 12.8 Å². The van der Waals surface area contributed by atoms with Crippen molar-refractivity contribution < 1.29 is 35.5 Å². The second-order valence-corrected chi connectivity index (χ2v) is 17.9. The SMILES string of the molecule is CCCCCCCCCCCCCCCCC(=O)N(C)CCS(=O)(=O)[O-].CCCCCCCCCCCCCCCCC(=O)N(C)CCS(=O)(=O)[O-].[Ca+2]. The molecule has 0 fully saturated rings. The van der Waals surface area contributed by atoms with E-state index in [1.165, 1.54) is 151 Å². The normalized spacial score (nSPS) is 11.4. The number of nitrogens with zero attached hydrogens (tertiary/aromatic N) is 2. The predicted octanol–water partition coefficient (Wildman–Crippen LogP) is 9.34. The van der Waals surface area contributed by atoms with Crippen LogP contribution in [0.15, 0.2) is 0 Å². The molecular weight excluding hydrogens is 741 g/mol. The topological polar surface area (TPSA) is 155 Å². The van der Waals surface area contributed by atoms with E-state index in [2.05, 4.69) is 13.8 Å². The zero-order chi connectivity index (χ0) is 39.4. The van der Waals surface area contributed by atoms with Crippen molar-refractivity contribution in [2.24, 2.45) is 0 Å². The smallest absolute Gasteiger partial charge is 0.748 e. The minimum atomic E-state index is -4.25. The molecule has 0 heterocycles. The fourth-order valence-electron chi connectivity index (χ4n) is 6.07. The summed E-state index contributed by atoms with van der Waals surface area (Å²) < 4.78 is 63.4. The summed E-state index contributed by atoms with van der Waals surface area (Å²) in [6.45, 7) is 4.48. The fourth-order valence-corrected chi connectivity index (χ4v) is 7.07. The molecule has 0 atom stereocenters. The zero-order valence-corrected chi connectivity index (χ0v) is 38.6. The van der Waals surface area contributed by atoms with E-state index in [9.17, 15) is 35.5 Å². The second-order valence-electron chi connectivity index (χ2n) is 14.8. The maximum absolute atomic E-state index is 11.8. The molecule has 0 aromatic heterocycles. The van der Waals surface area contributed by atoms with Crippen LogP contribution in [0.1, 0.15) is 206 Å². The molecule has 0 spiro atoms. The van der Waals surface area contributed by atoms with E-state index in [0.717, 1.165) is 38.5 Å². The average molecular weight is 821 g/mol. The fraction of sp³-hybridized carbons (Fsp3) is 0.950. The molecule has 0 radical (unpaired) electrons. The Kier molecular flexibility index (Phi) is 43.5. The summed E-state index contributed by atoms with van der Waals surface area (Å²) in [4.78, 5) is 26.3. The van der Waals surface area contributed by atoms with Crippen molar-refractivity contribution in [3.63, 3.8) is 0 Å². The van der Waals surface area contributed by atoms with Gasteiger partial charge in [0.05, 0.1) is 31.7 Å². The van der Waals surface area contributed by atoms with E-state index in [4.69, 9.17) is 0 Å². The van der Waals surface area contributed by atoms with Crippen molar-refractivity contribution in [3.8, 4) is 0 Å². The third-order valence-electron chi connectivity index (χ3n) is 9.69. The Morgan fingerprint density at radius 3 is 0.774 bits per heavy atom. The first kappa shape index (κ1) is 57.3. The largest absolute Gasteiger partial charge is 2.00 e. The summed E-state index contributed by atoms with van der Waals surface area (Å²) in [6.07, 6.45) is 36.6. The van der Waals surface area contributed by atoms with Crippen molar-refractivity contribution >= 4 is 69.8 Å². The van der Waals surface area contributed by atoms with Crippen molar-refractivity contribution in [2.75, 3.05) is 38.7 Å². The van der Waals surface area contributed by atoms with Gasteiger partial charge in [0.1, 0.15) is 0 Å². The molecular formula is C40H80CaN2O8S2. The second kappa shape index (κ2) is 40.2. The van der Waals surface area contributed by atoms with Gasteiger partial charge in [0.15, 0.2) is 0 Å². The molecule has 0 aromatic carbocycles. The number of carbonyl (C=O) groups is 2. The number of hydrogen-bond acceptors (Lipinski definition) is 8. The number of carbonyl (C=O) groups excluding carboxylic acids is 2. The Hall–Kier alpha value is 0.0197. The monoisotopic (exact) mass is 820 g/mol. The molecule has 13 heteroatoms. The molecule has 53 heavy (non-hydrogen) atoms. The van der Waals surface area contributed by atoms with E-state index >= 15 is 0 Å². The van der Waals surface area contributed by atoms with Gasteiger partial charge in [-0.1, -0.05) is 181 Å². The van der Waals surface area contributed by atoms with Gasteiger partial charge in [0.2, 0.25) is 11.8 Å². The molecule has 0 aliphatic heterocycles. The first-order chi connectivity index (χ1) is 24.7. The van der Waals surface area contributed by atoms with E-state index in [0.29, 0.717) is 12.8 Å². The van der Waals surface area contributed by atoms with Crippen LogP contribution in [0.3, 0.4) is 0 Å². The summed E-state index contributed by atoms with van der Waals surface area (Å²) in [5.41, 5.74) is 0. The van der Waals surface area contributed by atoms with Crippen LogP contribution in [0.2, 0.25) is 0 Å². The molecule has 0 saturated heterocycles. The van der Waals surface area contributed by atoms with Crippen LogP contribution < -0.4 is 0 Å². The summed E-state index contributed by atoms with van der Waals surface area (Å²) >= 11 is 0. The van der Waals surface area contributed by atoms with Crippen LogP contribution in [0.4, 0.5) is 0 Å². The summed E-state index contributed by atoms with van der Waals surface area (Å²) in [5, 5.41) is 0. The van der Waals surface area contributed by atoms with Gasteiger partial charge in [-0.15, -0.1) is 0 Å². The van der Waals surface area contributed by atoms with Crippen LogP contribution in [-0.2, 0) is 29.8 Å². The molecule has 0 bridgehead atoms. The van der Waals surface area contributed by atoms with Gasteiger partial charge in [-0.3, -0.25) is 9.59 Å². The van der Waals surface area contributed by atoms with Gasteiger partial charge in [-0.2, -0.15) is 0 Å². The Labute approximate surface area is 357 Å². The van der Waals surface area contributed by atoms with E-state index in [1.54, 1.807) is 14.1 Å². The zero-order valence-electron chi connectivity index (χ0n) is 34.7. The van der Waals surface area contributed by atoms with Crippen molar-refractivity contribution in [1.82, 2.24) is 9.80 Å². The van der Waals surface area contributed by atoms with Crippen LogP contribution in [0.25, 0.3) is 0 Å². The van der Waals surface area contributed by atoms with Crippen LogP contribution >= 0.6 is 0 Å². The molecule has 10 nitrogen and oxygen atoms in total. The molecule has 2 amide bonds. The quantitative estimate of drug-likeness (QED) is 0.0344. The third kappa shape index (κ3) is 48.1. The Morgan fingerprint density at radius 1 is 0.396 bits per heavy atom. The standard InChI is InChI=1S/2C20H41NO4S.Ca/c2*1-3-4-5-6-7-8-9-10-11-12-13-14-15-16-17-20(22)21(2)18-19-26(23,24)25;/h2*3-19H2,1-2H3,(H,23,24,25);/q;;+2/p-2. The first-order valence-electron chi connectivity index (χ1n) is 21.1. The molecule has 312 valence electrons. The van der Waals surface area contributed by atoms with Gasteiger partial charge in [0, 0.05) is 40.0 Å². The summed E-state index contributed by atoms with van der Waals surface area (Å²) in [7, 11) is -5.39. The van der Waals surface area contributed by atoms with Gasteiger partial charge >= 0.3 is 37.7 Å². The summed E-state index contributed by atoms with van der Waals surface area (Å²) in [5.74, 6) is -1.16. The maximum atomic E-state index is 11.8. The van der Waals surface area contributed by atoms with Gasteiger partial charge < -0.3 is 18.9 Å². The Balaban J connectivity index is -0.000000926. The van der Waals surface area contributed by atoms with E-state index < -0.39 is 31.7 Å². The van der Waals surface area contributed by atoms with Crippen molar-refractivity contribution in [2.45, 2.75) is 206 Å². The molecule has 0 aliphatic carbocycles. The Bertz CT molecular complexity index is 963. The number of rotatable bonds is 36. The molecule has 0 aliphatic rings. The Morgan fingerprint density at radius 2 is 0.585 bits per heavy atom. The molecule has 0 aromatic rings. The number of unbranched alkanes of at least 4 members (excludes halogenated alkanes) is 26. The predicted molar refractivity (Wildman–Crippen MR) is 220 cm³/mol.